The molecule has 5 heteroatoms. The van der Waals surface area contributed by atoms with Crippen LogP contribution in [0.3, 0.4) is 0 Å². The van der Waals surface area contributed by atoms with Crippen LogP contribution in [0.2, 0.25) is 0 Å². The van der Waals surface area contributed by atoms with Crippen LogP contribution in [0.25, 0.3) is 0 Å². The number of nitrogens with zero attached hydrogens (tertiary/aromatic N) is 2. The molecule has 0 fully saturated rings. The summed E-state index contributed by atoms with van der Waals surface area (Å²) in [6, 6.07) is 0.170. The molecule has 1 unspecified atom stereocenters. The van der Waals surface area contributed by atoms with E-state index in [0.717, 1.165) is 19.4 Å². The van der Waals surface area contributed by atoms with Gasteiger partial charge >= 0.3 is 0 Å². The predicted molar refractivity (Wildman–Crippen MR) is 77.3 cm³/mol. The summed E-state index contributed by atoms with van der Waals surface area (Å²) in [6.45, 7) is 6.93. The molecule has 5 nitrogen and oxygen atoms in total. The predicted octanol–water partition coefficient (Wildman–Crippen LogP) is 2.61. The van der Waals surface area contributed by atoms with Gasteiger partial charge in [-0.15, -0.1) is 0 Å². The Labute approximate surface area is 115 Å². The van der Waals surface area contributed by atoms with Gasteiger partial charge in [-0.05, 0) is 20.3 Å². The van der Waals surface area contributed by atoms with Crippen LogP contribution in [0.15, 0.2) is 12.4 Å². The van der Waals surface area contributed by atoms with E-state index in [0.29, 0.717) is 11.5 Å². The van der Waals surface area contributed by atoms with Crippen LogP contribution in [-0.2, 0) is 0 Å². The number of carbonyl (C=O) groups is 1. The van der Waals surface area contributed by atoms with Crippen LogP contribution >= 0.6 is 0 Å². The standard InChI is InChI=1S/C14H24N4O/c1-4-6-7-8-11(3)17-14(19)12-9-15-10-13(18-12)16-5-2/h9-11H,4-8H2,1-3H3,(H,16,18)(H,17,19). The molecule has 19 heavy (non-hydrogen) atoms. The summed E-state index contributed by atoms with van der Waals surface area (Å²) >= 11 is 0. The van der Waals surface area contributed by atoms with Crippen molar-refractivity contribution in [3.05, 3.63) is 18.1 Å². The van der Waals surface area contributed by atoms with Gasteiger partial charge in [0.25, 0.3) is 5.91 Å². The highest BCUT2D eigenvalue weighted by Crippen LogP contribution is 2.05. The number of aromatic nitrogens is 2. The molecule has 1 heterocycles. The Kier molecular flexibility index (Phi) is 6.85. The minimum atomic E-state index is -0.156. The first-order valence-corrected chi connectivity index (χ1v) is 7.04. The van der Waals surface area contributed by atoms with Gasteiger partial charge in [0.05, 0.1) is 12.4 Å². The number of anilines is 1. The summed E-state index contributed by atoms with van der Waals surface area (Å²) in [5.41, 5.74) is 0.362. The number of hydrogen-bond donors (Lipinski definition) is 2. The first kappa shape index (κ1) is 15.4. The molecular formula is C14H24N4O. The summed E-state index contributed by atoms with van der Waals surface area (Å²) in [5.74, 6) is 0.477. The first-order chi connectivity index (χ1) is 9.17. The van der Waals surface area contributed by atoms with E-state index in [1.807, 2.05) is 13.8 Å². The van der Waals surface area contributed by atoms with Gasteiger partial charge in [0.15, 0.2) is 0 Å². The van der Waals surface area contributed by atoms with E-state index in [9.17, 15) is 4.79 Å². The summed E-state index contributed by atoms with van der Waals surface area (Å²) < 4.78 is 0. The van der Waals surface area contributed by atoms with E-state index in [1.54, 1.807) is 6.20 Å². The van der Waals surface area contributed by atoms with Crippen molar-refractivity contribution < 1.29 is 4.79 Å². The third-order valence-corrected chi connectivity index (χ3v) is 2.84. The van der Waals surface area contributed by atoms with E-state index in [4.69, 9.17) is 0 Å². The Bertz CT molecular complexity index is 395. The van der Waals surface area contributed by atoms with Crippen molar-refractivity contribution in [3.8, 4) is 0 Å². The second-order valence-electron chi connectivity index (χ2n) is 4.69. The minimum Gasteiger partial charge on any atom is -0.369 e. The topological polar surface area (TPSA) is 66.9 Å². The molecule has 1 aromatic heterocycles. The number of amides is 1. The van der Waals surface area contributed by atoms with Crippen LogP contribution in [0.5, 0.6) is 0 Å². The Morgan fingerprint density at radius 2 is 2.11 bits per heavy atom. The Morgan fingerprint density at radius 1 is 1.32 bits per heavy atom. The maximum Gasteiger partial charge on any atom is 0.271 e. The molecule has 0 saturated carbocycles. The number of carbonyl (C=O) groups excluding carboxylic acids is 1. The van der Waals surface area contributed by atoms with Gasteiger partial charge in [0, 0.05) is 12.6 Å². The number of nitrogens with one attached hydrogen (secondary N) is 2. The molecule has 1 amide bonds. The number of rotatable bonds is 8. The zero-order valence-electron chi connectivity index (χ0n) is 12.1. The maximum absolute atomic E-state index is 12.0. The van der Waals surface area contributed by atoms with Crippen molar-refractivity contribution in [1.29, 1.82) is 0 Å². The molecule has 0 radical (unpaired) electrons. The molecule has 0 aromatic carbocycles. The lowest BCUT2D eigenvalue weighted by atomic mass is 10.1. The van der Waals surface area contributed by atoms with Gasteiger partial charge in [-0.2, -0.15) is 0 Å². The minimum absolute atomic E-state index is 0.156. The molecule has 0 aliphatic carbocycles. The summed E-state index contributed by atoms with van der Waals surface area (Å²) in [6.07, 6.45) is 7.65. The van der Waals surface area contributed by atoms with Crippen molar-refractivity contribution in [3.63, 3.8) is 0 Å². The van der Waals surface area contributed by atoms with Crippen molar-refractivity contribution in [1.82, 2.24) is 15.3 Å². The van der Waals surface area contributed by atoms with Gasteiger partial charge in [0.1, 0.15) is 11.5 Å². The quantitative estimate of drug-likeness (QED) is 0.708. The van der Waals surface area contributed by atoms with E-state index in [-0.39, 0.29) is 11.9 Å². The van der Waals surface area contributed by atoms with Crippen LogP contribution in [0.1, 0.15) is 56.9 Å². The summed E-state index contributed by atoms with van der Waals surface area (Å²) in [7, 11) is 0. The third-order valence-electron chi connectivity index (χ3n) is 2.84. The Balaban J connectivity index is 2.50. The fourth-order valence-corrected chi connectivity index (χ4v) is 1.81. The van der Waals surface area contributed by atoms with Gasteiger partial charge in [-0.3, -0.25) is 9.78 Å². The van der Waals surface area contributed by atoms with E-state index in [1.165, 1.54) is 19.0 Å². The van der Waals surface area contributed by atoms with Crippen molar-refractivity contribution in [2.24, 2.45) is 0 Å². The van der Waals surface area contributed by atoms with Crippen LogP contribution in [0, 0.1) is 0 Å². The molecular weight excluding hydrogens is 240 g/mol. The first-order valence-electron chi connectivity index (χ1n) is 7.04. The normalized spacial score (nSPS) is 11.9. The van der Waals surface area contributed by atoms with Crippen LogP contribution in [0.4, 0.5) is 5.82 Å². The summed E-state index contributed by atoms with van der Waals surface area (Å²) in [5, 5.41) is 6.00. The van der Waals surface area contributed by atoms with E-state index >= 15 is 0 Å². The Hall–Kier alpha value is -1.65. The average Bonchev–Trinajstić information content (AvgIpc) is 2.39. The number of unbranched alkanes of at least 4 members (excludes halogenated alkanes) is 2. The van der Waals surface area contributed by atoms with Crippen molar-refractivity contribution in [2.45, 2.75) is 52.5 Å². The molecule has 1 aromatic rings. The van der Waals surface area contributed by atoms with Gasteiger partial charge in [-0.25, -0.2) is 4.98 Å². The molecule has 0 aliphatic heterocycles. The lowest BCUT2D eigenvalue weighted by Gasteiger charge is -2.13. The fraction of sp³-hybridized carbons (Fsp3) is 0.643. The molecule has 2 N–H and O–H groups in total. The maximum atomic E-state index is 12.0. The summed E-state index contributed by atoms with van der Waals surface area (Å²) in [4.78, 5) is 20.3. The average molecular weight is 264 g/mol. The smallest absolute Gasteiger partial charge is 0.271 e. The molecule has 1 atom stereocenters. The lowest BCUT2D eigenvalue weighted by molar-refractivity contribution is 0.0932. The second kappa shape index (κ2) is 8.45. The highest BCUT2D eigenvalue weighted by Gasteiger charge is 2.11. The molecule has 0 aliphatic rings. The second-order valence-corrected chi connectivity index (χ2v) is 4.69. The van der Waals surface area contributed by atoms with Crippen molar-refractivity contribution >= 4 is 11.7 Å². The van der Waals surface area contributed by atoms with Gasteiger partial charge in [0.2, 0.25) is 0 Å². The highest BCUT2D eigenvalue weighted by atomic mass is 16.1. The van der Waals surface area contributed by atoms with Gasteiger partial charge < -0.3 is 10.6 Å². The van der Waals surface area contributed by atoms with E-state index in [2.05, 4.69) is 27.5 Å². The largest absolute Gasteiger partial charge is 0.369 e. The third kappa shape index (κ3) is 5.68. The number of hydrogen-bond acceptors (Lipinski definition) is 4. The molecule has 1 rings (SSSR count). The molecule has 0 saturated heterocycles. The van der Waals surface area contributed by atoms with Crippen LogP contribution < -0.4 is 10.6 Å². The zero-order valence-corrected chi connectivity index (χ0v) is 12.1. The molecule has 106 valence electrons. The van der Waals surface area contributed by atoms with Gasteiger partial charge in [-0.1, -0.05) is 26.2 Å². The monoisotopic (exact) mass is 264 g/mol. The van der Waals surface area contributed by atoms with Crippen molar-refractivity contribution in [2.75, 3.05) is 11.9 Å². The van der Waals surface area contributed by atoms with E-state index < -0.39 is 0 Å². The highest BCUT2D eigenvalue weighted by molar-refractivity contribution is 5.92. The molecule has 0 spiro atoms. The fourth-order valence-electron chi connectivity index (χ4n) is 1.81. The zero-order chi connectivity index (χ0) is 14.1. The molecule has 0 bridgehead atoms. The van der Waals surface area contributed by atoms with Crippen LogP contribution in [-0.4, -0.2) is 28.5 Å². The SMILES string of the molecule is CCCCCC(C)NC(=O)c1cncc(NCC)n1. The lowest BCUT2D eigenvalue weighted by Crippen LogP contribution is -2.33. The Morgan fingerprint density at radius 3 is 2.79 bits per heavy atom.